The summed E-state index contributed by atoms with van der Waals surface area (Å²) in [5.41, 5.74) is 0.967. The van der Waals surface area contributed by atoms with E-state index in [-0.39, 0.29) is 11.1 Å². The van der Waals surface area contributed by atoms with Crippen LogP contribution in [0.15, 0.2) is 54.9 Å². The highest BCUT2D eigenvalue weighted by atomic mass is 35.5. The number of hydrogen-bond donors (Lipinski definition) is 1. The number of amides is 3. The molecule has 3 heterocycles. The third-order valence-electron chi connectivity index (χ3n) is 5.28. The van der Waals surface area contributed by atoms with Gasteiger partial charge in [0.25, 0.3) is 5.91 Å². The van der Waals surface area contributed by atoms with Crippen molar-refractivity contribution < 1.29 is 18.7 Å². The molecular weight excluding hydrogens is 441 g/mol. The first-order chi connectivity index (χ1) is 15.0. The zero-order valence-electron chi connectivity index (χ0n) is 16.1. The molecule has 3 aromatic rings. The lowest BCUT2D eigenvalue weighted by molar-refractivity contribution is -0.118. The van der Waals surface area contributed by atoms with Crippen LogP contribution >= 0.6 is 23.4 Å². The molecule has 2 aliphatic heterocycles. The number of thioether (sulfide) groups is 1. The van der Waals surface area contributed by atoms with Gasteiger partial charge in [0.1, 0.15) is 16.8 Å². The van der Waals surface area contributed by atoms with E-state index in [1.807, 2.05) is 6.08 Å². The summed E-state index contributed by atoms with van der Waals surface area (Å²) in [5, 5.41) is 3.46. The fraction of sp³-hybridized carbons (Fsp3) is 0.136. The molecular formula is C22H15ClFN3O3S. The molecule has 9 heteroatoms. The molecule has 0 saturated carbocycles. The van der Waals surface area contributed by atoms with Crippen molar-refractivity contribution in [2.24, 2.45) is 0 Å². The molecule has 2 aliphatic rings. The summed E-state index contributed by atoms with van der Waals surface area (Å²) in [6.07, 6.45) is 4.59. The van der Waals surface area contributed by atoms with Crippen molar-refractivity contribution in [1.29, 1.82) is 0 Å². The lowest BCUT2D eigenvalue weighted by atomic mass is 10.1. The quantitative estimate of drug-likeness (QED) is 0.624. The van der Waals surface area contributed by atoms with Crippen LogP contribution in [-0.4, -0.2) is 35.3 Å². The molecule has 1 aromatic heterocycles. The van der Waals surface area contributed by atoms with Crippen LogP contribution in [0.25, 0.3) is 15.7 Å². The Labute approximate surface area is 186 Å². The highest BCUT2D eigenvalue weighted by molar-refractivity contribution is 8.09. The second-order valence-electron chi connectivity index (χ2n) is 7.06. The maximum absolute atomic E-state index is 14.2. The molecule has 5 rings (SSSR count). The zero-order chi connectivity index (χ0) is 21.7. The Kier molecular flexibility index (Phi) is 4.83. The van der Waals surface area contributed by atoms with Crippen LogP contribution in [0.1, 0.15) is 5.56 Å². The van der Waals surface area contributed by atoms with E-state index in [0.717, 1.165) is 15.4 Å². The number of rotatable bonds is 3. The number of anilines is 1. The molecule has 1 fully saturated rings. The summed E-state index contributed by atoms with van der Waals surface area (Å²) in [6, 6.07) is 8.69. The molecule has 1 saturated heterocycles. The molecule has 0 bridgehead atoms. The van der Waals surface area contributed by atoms with Crippen molar-refractivity contribution in [2.45, 2.75) is 11.3 Å². The minimum atomic E-state index is -0.584. The smallest absolute Gasteiger partial charge is 0.329 e. The summed E-state index contributed by atoms with van der Waals surface area (Å²) >= 11 is 7.68. The molecule has 6 nitrogen and oxygen atoms in total. The number of benzene rings is 2. The monoisotopic (exact) mass is 455 g/mol. The minimum absolute atomic E-state index is 0.240. The van der Waals surface area contributed by atoms with Crippen LogP contribution in [-0.2, 0) is 4.79 Å². The minimum Gasteiger partial charge on any atom is -0.497 e. The predicted molar refractivity (Wildman–Crippen MR) is 119 cm³/mol. The Hall–Kier alpha value is -3.10. The van der Waals surface area contributed by atoms with Crippen molar-refractivity contribution in [3.8, 4) is 5.75 Å². The average molecular weight is 456 g/mol. The fourth-order valence-corrected chi connectivity index (χ4v) is 5.35. The van der Waals surface area contributed by atoms with E-state index in [1.165, 1.54) is 36.3 Å². The Morgan fingerprint density at radius 3 is 2.84 bits per heavy atom. The van der Waals surface area contributed by atoms with Gasteiger partial charge < -0.3 is 10.1 Å². The summed E-state index contributed by atoms with van der Waals surface area (Å²) in [7, 11) is 1.56. The fourth-order valence-electron chi connectivity index (χ4n) is 3.78. The number of pyridine rings is 1. The van der Waals surface area contributed by atoms with Gasteiger partial charge in [0.2, 0.25) is 0 Å². The first-order valence-corrected chi connectivity index (χ1v) is 10.6. The third-order valence-corrected chi connectivity index (χ3v) is 6.97. The molecule has 2 atom stereocenters. The molecule has 2 unspecified atom stereocenters. The normalized spacial score (nSPS) is 20.5. The molecule has 0 spiro atoms. The van der Waals surface area contributed by atoms with Gasteiger partial charge in [0.15, 0.2) is 0 Å². The molecule has 1 N–H and O–H groups in total. The van der Waals surface area contributed by atoms with Gasteiger partial charge in [0.05, 0.1) is 25.0 Å². The van der Waals surface area contributed by atoms with E-state index in [9.17, 15) is 14.0 Å². The first kappa shape index (κ1) is 19.8. The number of carbonyl (C=O) groups excluding carboxylic acids is 2. The van der Waals surface area contributed by atoms with Crippen LogP contribution in [0.5, 0.6) is 5.75 Å². The molecule has 0 radical (unpaired) electrons. The largest absolute Gasteiger partial charge is 0.497 e. The van der Waals surface area contributed by atoms with Crippen LogP contribution in [0, 0.1) is 5.82 Å². The third kappa shape index (κ3) is 3.23. The molecule has 3 amide bonds. The van der Waals surface area contributed by atoms with E-state index in [0.29, 0.717) is 16.2 Å². The Bertz CT molecular complexity index is 1280. The SMILES string of the molecule is COc1ccc(Cl)c(C2=CC3NC(=O)N(c4cncc5c(F)cccc45)C(=O)C3S2)c1. The van der Waals surface area contributed by atoms with E-state index >= 15 is 0 Å². The van der Waals surface area contributed by atoms with Gasteiger partial charge in [-0.05, 0) is 30.3 Å². The molecule has 2 aromatic carbocycles. The number of ether oxygens (including phenoxy) is 1. The predicted octanol–water partition coefficient (Wildman–Crippen LogP) is 4.62. The summed E-state index contributed by atoms with van der Waals surface area (Å²) < 4.78 is 19.5. The molecule has 0 aliphatic carbocycles. The molecule has 156 valence electrons. The lowest BCUT2D eigenvalue weighted by Gasteiger charge is -2.33. The van der Waals surface area contributed by atoms with Gasteiger partial charge in [-0.3, -0.25) is 9.78 Å². The van der Waals surface area contributed by atoms with E-state index in [2.05, 4.69) is 10.3 Å². The van der Waals surface area contributed by atoms with Gasteiger partial charge >= 0.3 is 6.03 Å². The number of fused-ring (bicyclic) bond motifs is 2. The van der Waals surface area contributed by atoms with E-state index in [1.54, 1.807) is 31.4 Å². The number of imide groups is 1. The van der Waals surface area contributed by atoms with E-state index in [4.69, 9.17) is 16.3 Å². The highest BCUT2D eigenvalue weighted by Crippen LogP contribution is 2.45. The number of nitrogens with one attached hydrogen (secondary N) is 1. The average Bonchev–Trinajstić information content (AvgIpc) is 3.19. The summed E-state index contributed by atoms with van der Waals surface area (Å²) in [4.78, 5) is 32.1. The Morgan fingerprint density at radius 1 is 1.19 bits per heavy atom. The van der Waals surface area contributed by atoms with Gasteiger partial charge in [-0.25, -0.2) is 14.1 Å². The number of methoxy groups -OCH3 is 1. The highest BCUT2D eigenvalue weighted by Gasteiger charge is 2.45. The van der Waals surface area contributed by atoms with E-state index < -0.39 is 29.0 Å². The Morgan fingerprint density at radius 2 is 2.03 bits per heavy atom. The number of hydrogen-bond acceptors (Lipinski definition) is 5. The van der Waals surface area contributed by atoms with Crippen molar-refractivity contribution in [3.63, 3.8) is 0 Å². The zero-order valence-corrected chi connectivity index (χ0v) is 17.7. The van der Waals surface area contributed by atoms with Crippen LogP contribution in [0.4, 0.5) is 14.9 Å². The van der Waals surface area contributed by atoms with Crippen molar-refractivity contribution in [2.75, 3.05) is 12.0 Å². The van der Waals surface area contributed by atoms with Crippen LogP contribution in [0.3, 0.4) is 0 Å². The topological polar surface area (TPSA) is 71.5 Å². The van der Waals surface area contributed by atoms with Crippen molar-refractivity contribution in [1.82, 2.24) is 10.3 Å². The van der Waals surface area contributed by atoms with Gasteiger partial charge in [0, 0.05) is 32.5 Å². The lowest BCUT2D eigenvalue weighted by Crippen LogP contribution is -2.60. The number of carbonyl (C=O) groups is 2. The summed E-state index contributed by atoms with van der Waals surface area (Å²) in [5.74, 6) is -0.236. The number of halogens is 2. The first-order valence-electron chi connectivity index (χ1n) is 9.37. The van der Waals surface area contributed by atoms with Gasteiger partial charge in [-0.2, -0.15) is 0 Å². The second kappa shape index (κ2) is 7.55. The van der Waals surface area contributed by atoms with Gasteiger partial charge in [-0.15, -0.1) is 11.8 Å². The number of urea groups is 1. The van der Waals surface area contributed by atoms with Crippen LogP contribution < -0.4 is 15.0 Å². The maximum atomic E-state index is 14.2. The standard InChI is InChI=1S/C22H15ClFN3O3S/c1-30-11-5-6-15(23)13(7-11)19-8-17-20(31-19)21(28)27(22(29)26-17)18-10-25-9-14-12(18)3-2-4-16(14)24/h2-10,17,20H,1H3,(H,26,29). The van der Waals surface area contributed by atoms with Crippen molar-refractivity contribution in [3.05, 3.63) is 71.3 Å². The maximum Gasteiger partial charge on any atom is 0.329 e. The van der Waals surface area contributed by atoms with Gasteiger partial charge in [-0.1, -0.05) is 23.7 Å². The number of nitrogens with zero attached hydrogens (tertiary/aromatic N) is 2. The summed E-state index contributed by atoms with van der Waals surface area (Å²) in [6.45, 7) is 0. The molecule has 31 heavy (non-hydrogen) atoms. The Balaban J connectivity index is 1.51. The second-order valence-corrected chi connectivity index (χ2v) is 8.65. The van der Waals surface area contributed by atoms with Crippen LogP contribution in [0.2, 0.25) is 5.02 Å². The number of aromatic nitrogens is 1. The van der Waals surface area contributed by atoms with Crippen molar-refractivity contribution >= 4 is 56.7 Å².